The Kier molecular flexibility index (Phi) is 3.67. The quantitative estimate of drug-likeness (QED) is 0.888. The van der Waals surface area contributed by atoms with E-state index in [1.165, 1.54) is 5.56 Å². The number of hydrogen-bond acceptors (Lipinski definition) is 4. The molecule has 0 spiro atoms. The van der Waals surface area contributed by atoms with E-state index < -0.39 is 0 Å². The highest BCUT2D eigenvalue weighted by atomic mass is 35.5. The summed E-state index contributed by atoms with van der Waals surface area (Å²) in [6.45, 7) is 4.11. The number of anilines is 3. The van der Waals surface area contributed by atoms with Crippen LogP contribution in [0, 0.1) is 13.8 Å². The zero-order valence-electron chi connectivity index (χ0n) is 10.6. The Morgan fingerprint density at radius 3 is 2.67 bits per heavy atom. The molecule has 94 valence electrons. The van der Waals surface area contributed by atoms with Gasteiger partial charge in [-0.15, -0.1) is 0 Å². The van der Waals surface area contributed by atoms with E-state index in [-0.39, 0.29) is 0 Å². The molecule has 4 nitrogen and oxygen atoms in total. The fraction of sp³-hybridized carbons (Fsp3) is 0.231. The molecule has 5 heteroatoms. The van der Waals surface area contributed by atoms with Crippen LogP contribution in [0.15, 0.2) is 24.4 Å². The van der Waals surface area contributed by atoms with Gasteiger partial charge in [-0.3, -0.25) is 0 Å². The predicted molar refractivity (Wildman–Crippen MR) is 75.8 cm³/mol. The summed E-state index contributed by atoms with van der Waals surface area (Å²) in [5.74, 6) is 1.13. The van der Waals surface area contributed by atoms with E-state index in [2.05, 4.69) is 33.6 Å². The standard InChI is InChI=1S/C13H15ClN4/c1-8-4-5-11(9(2)6-8)17-12-10(14)7-16-13(15-3)18-12/h4-7H,1-3H3,(H2,15,16,17,18). The van der Waals surface area contributed by atoms with E-state index in [0.717, 1.165) is 11.3 Å². The molecule has 0 unspecified atom stereocenters. The summed E-state index contributed by atoms with van der Waals surface area (Å²) in [5.41, 5.74) is 3.36. The van der Waals surface area contributed by atoms with Crippen LogP contribution >= 0.6 is 11.6 Å². The van der Waals surface area contributed by atoms with Crippen molar-refractivity contribution in [3.05, 3.63) is 40.5 Å². The molecule has 0 aliphatic rings. The van der Waals surface area contributed by atoms with Gasteiger partial charge in [0.05, 0.1) is 6.20 Å². The summed E-state index contributed by atoms with van der Waals surface area (Å²) in [5, 5.41) is 6.60. The van der Waals surface area contributed by atoms with Crippen LogP contribution < -0.4 is 10.6 Å². The summed E-state index contributed by atoms with van der Waals surface area (Å²) in [6, 6.07) is 6.17. The number of rotatable bonds is 3. The molecule has 1 aromatic heterocycles. The van der Waals surface area contributed by atoms with Crippen molar-refractivity contribution in [3.63, 3.8) is 0 Å². The maximum absolute atomic E-state index is 6.07. The highest BCUT2D eigenvalue weighted by Crippen LogP contribution is 2.25. The van der Waals surface area contributed by atoms with Gasteiger partial charge in [0, 0.05) is 12.7 Å². The lowest BCUT2D eigenvalue weighted by molar-refractivity contribution is 1.15. The molecule has 0 aliphatic carbocycles. The average molecular weight is 263 g/mol. The molecule has 1 aromatic carbocycles. The van der Waals surface area contributed by atoms with Gasteiger partial charge >= 0.3 is 0 Å². The molecule has 0 radical (unpaired) electrons. The number of benzene rings is 1. The van der Waals surface area contributed by atoms with Crippen LogP contribution in [0.5, 0.6) is 0 Å². The number of hydrogen-bond donors (Lipinski definition) is 2. The lowest BCUT2D eigenvalue weighted by Crippen LogP contribution is -2.02. The Bertz CT molecular complexity index is 569. The molecule has 0 amide bonds. The SMILES string of the molecule is CNc1ncc(Cl)c(Nc2ccc(C)cc2C)n1. The van der Waals surface area contributed by atoms with Crippen LogP contribution in [0.4, 0.5) is 17.5 Å². The van der Waals surface area contributed by atoms with Gasteiger partial charge in [-0.1, -0.05) is 29.3 Å². The third kappa shape index (κ3) is 2.71. The number of aromatic nitrogens is 2. The van der Waals surface area contributed by atoms with Gasteiger partial charge in [0.2, 0.25) is 5.95 Å². The smallest absolute Gasteiger partial charge is 0.224 e. The summed E-state index contributed by atoms with van der Waals surface area (Å²) in [4.78, 5) is 8.33. The van der Waals surface area contributed by atoms with Gasteiger partial charge in [0.15, 0.2) is 5.82 Å². The number of nitrogens with one attached hydrogen (secondary N) is 2. The molecule has 1 heterocycles. The van der Waals surface area contributed by atoms with Crippen LogP contribution in [-0.2, 0) is 0 Å². The first-order valence-corrected chi connectivity index (χ1v) is 6.02. The highest BCUT2D eigenvalue weighted by Gasteiger charge is 2.06. The van der Waals surface area contributed by atoms with Gasteiger partial charge in [-0.25, -0.2) is 4.98 Å². The second-order valence-corrected chi connectivity index (χ2v) is 4.49. The van der Waals surface area contributed by atoms with E-state index in [0.29, 0.717) is 16.8 Å². The van der Waals surface area contributed by atoms with Crippen LogP contribution in [0.3, 0.4) is 0 Å². The van der Waals surface area contributed by atoms with E-state index in [1.807, 2.05) is 19.1 Å². The zero-order valence-corrected chi connectivity index (χ0v) is 11.3. The van der Waals surface area contributed by atoms with Crippen LogP contribution in [0.25, 0.3) is 0 Å². The lowest BCUT2D eigenvalue weighted by Gasteiger charge is -2.11. The molecule has 2 N–H and O–H groups in total. The van der Waals surface area contributed by atoms with Gasteiger partial charge in [0.1, 0.15) is 5.02 Å². The average Bonchev–Trinajstić information content (AvgIpc) is 2.35. The normalized spacial score (nSPS) is 10.2. The molecule has 0 fully saturated rings. The molecule has 0 saturated heterocycles. The summed E-state index contributed by atoms with van der Waals surface area (Å²) < 4.78 is 0. The highest BCUT2D eigenvalue weighted by molar-refractivity contribution is 6.32. The Morgan fingerprint density at radius 1 is 1.22 bits per heavy atom. The van der Waals surface area contributed by atoms with Crippen LogP contribution in [-0.4, -0.2) is 17.0 Å². The Morgan fingerprint density at radius 2 is 2.00 bits per heavy atom. The van der Waals surface area contributed by atoms with Gasteiger partial charge in [-0.2, -0.15) is 4.98 Å². The minimum absolute atomic E-state index is 0.494. The fourth-order valence-corrected chi connectivity index (χ4v) is 1.79. The summed E-state index contributed by atoms with van der Waals surface area (Å²) in [6.07, 6.45) is 1.58. The van der Waals surface area contributed by atoms with Crippen molar-refractivity contribution < 1.29 is 0 Å². The van der Waals surface area contributed by atoms with Crippen LogP contribution in [0.1, 0.15) is 11.1 Å². The number of nitrogens with zero attached hydrogens (tertiary/aromatic N) is 2. The van der Waals surface area contributed by atoms with Crippen molar-refractivity contribution in [1.29, 1.82) is 0 Å². The van der Waals surface area contributed by atoms with Crippen LogP contribution in [0.2, 0.25) is 5.02 Å². The molecule has 0 saturated carbocycles. The molecule has 18 heavy (non-hydrogen) atoms. The largest absolute Gasteiger partial charge is 0.357 e. The number of aryl methyl sites for hydroxylation is 2. The topological polar surface area (TPSA) is 49.8 Å². The van der Waals surface area contributed by atoms with Gasteiger partial charge < -0.3 is 10.6 Å². The molecular weight excluding hydrogens is 248 g/mol. The van der Waals surface area contributed by atoms with Gasteiger partial charge in [0.25, 0.3) is 0 Å². The first kappa shape index (κ1) is 12.6. The maximum Gasteiger partial charge on any atom is 0.224 e. The molecule has 0 aliphatic heterocycles. The minimum Gasteiger partial charge on any atom is -0.357 e. The van der Waals surface area contributed by atoms with E-state index >= 15 is 0 Å². The molecular formula is C13H15ClN4. The van der Waals surface area contributed by atoms with Crippen molar-refractivity contribution in [3.8, 4) is 0 Å². The molecule has 2 rings (SSSR count). The zero-order chi connectivity index (χ0) is 13.1. The predicted octanol–water partition coefficient (Wildman–Crippen LogP) is 3.53. The van der Waals surface area contributed by atoms with Crippen molar-refractivity contribution in [2.24, 2.45) is 0 Å². The minimum atomic E-state index is 0.494. The fourth-order valence-electron chi connectivity index (χ4n) is 1.66. The Balaban J connectivity index is 2.33. The second-order valence-electron chi connectivity index (χ2n) is 4.08. The van der Waals surface area contributed by atoms with E-state index in [9.17, 15) is 0 Å². The third-order valence-electron chi connectivity index (χ3n) is 2.60. The van der Waals surface area contributed by atoms with Gasteiger partial charge in [-0.05, 0) is 25.5 Å². The maximum atomic E-state index is 6.07. The number of halogens is 1. The second kappa shape index (κ2) is 5.23. The summed E-state index contributed by atoms with van der Waals surface area (Å²) >= 11 is 6.07. The molecule has 0 atom stereocenters. The van der Waals surface area contributed by atoms with Crippen molar-refractivity contribution in [2.75, 3.05) is 17.7 Å². The monoisotopic (exact) mass is 262 g/mol. The molecule has 2 aromatic rings. The molecule has 0 bridgehead atoms. The van der Waals surface area contributed by atoms with Crippen molar-refractivity contribution >= 4 is 29.1 Å². The first-order valence-electron chi connectivity index (χ1n) is 5.64. The lowest BCUT2D eigenvalue weighted by atomic mass is 10.1. The summed E-state index contributed by atoms with van der Waals surface area (Å²) in [7, 11) is 1.77. The Hall–Kier alpha value is -1.81. The Labute approximate surface area is 111 Å². The van der Waals surface area contributed by atoms with Crippen molar-refractivity contribution in [1.82, 2.24) is 9.97 Å². The van der Waals surface area contributed by atoms with Crippen molar-refractivity contribution in [2.45, 2.75) is 13.8 Å². The van der Waals surface area contributed by atoms with E-state index in [4.69, 9.17) is 11.6 Å². The first-order chi connectivity index (χ1) is 8.60. The van der Waals surface area contributed by atoms with E-state index in [1.54, 1.807) is 13.2 Å². The third-order valence-corrected chi connectivity index (χ3v) is 2.88.